The molecule has 2 rings (SSSR count). The molecule has 18 heavy (non-hydrogen) atoms. The first kappa shape index (κ1) is 13.7. The summed E-state index contributed by atoms with van der Waals surface area (Å²) >= 11 is 0. The fourth-order valence-electron chi connectivity index (χ4n) is 3.39. The molecule has 3 nitrogen and oxygen atoms in total. The number of likely N-dealkylation sites (tertiary alicyclic amines) is 1. The van der Waals surface area contributed by atoms with Gasteiger partial charge in [0.2, 0.25) is 0 Å². The molecule has 3 heteroatoms. The van der Waals surface area contributed by atoms with Crippen molar-refractivity contribution in [3.63, 3.8) is 0 Å². The lowest BCUT2D eigenvalue weighted by Crippen LogP contribution is -2.47. The van der Waals surface area contributed by atoms with Crippen LogP contribution in [0.15, 0.2) is 4.99 Å². The normalized spacial score (nSPS) is 24.8. The van der Waals surface area contributed by atoms with Gasteiger partial charge in [-0.2, -0.15) is 0 Å². The highest BCUT2D eigenvalue weighted by molar-refractivity contribution is 5.78. The SMILES string of the molecule is CC(C)CN=C(N)N1CCC2(CCCCC2)CC1. The van der Waals surface area contributed by atoms with Crippen LogP contribution in [0.1, 0.15) is 58.8 Å². The summed E-state index contributed by atoms with van der Waals surface area (Å²) in [6.45, 7) is 7.46. The highest BCUT2D eigenvalue weighted by Crippen LogP contribution is 2.44. The van der Waals surface area contributed by atoms with E-state index in [0.717, 1.165) is 25.6 Å². The molecule has 1 aliphatic heterocycles. The molecule has 1 spiro atoms. The van der Waals surface area contributed by atoms with Crippen LogP contribution < -0.4 is 5.73 Å². The van der Waals surface area contributed by atoms with Crippen molar-refractivity contribution in [3.8, 4) is 0 Å². The van der Waals surface area contributed by atoms with Gasteiger partial charge in [-0.25, -0.2) is 0 Å². The molecule has 2 N–H and O–H groups in total. The molecule has 1 saturated heterocycles. The molecule has 0 aromatic heterocycles. The fourth-order valence-corrected chi connectivity index (χ4v) is 3.39. The summed E-state index contributed by atoms with van der Waals surface area (Å²) in [7, 11) is 0. The average molecular weight is 251 g/mol. The lowest BCUT2D eigenvalue weighted by molar-refractivity contribution is 0.0972. The first-order valence-corrected chi connectivity index (χ1v) is 7.66. The smallest absolute Gasteiger partial charge is 0.191 e. The summed E-state index contributed by atoms with van der Waals surface area (Å²) in [6.07, 6.45) is 9.88. The summed E-state index contributed by atoms with van der Waals surface area (Å²) in [4.78, 5) is 6.80. The number of nitrogens with two attached hydrogens (primary N) is 1. The van der Waals surface area contributed by atoms with Crippen molar-refractivity contribution in [1.82, 2.24) is 4.90 Å². The van der Waals surface area contributed by atoms with Crippen LogP contribution in [0.25, 0.3) is 0 Å². The Balaban J connectivity index is 1.84. The molecular weight excluding hydrogens is 222 g/mol. The van der Waals surface area contributed by atoms with E-state index >= 15 is 0 Å². The maximum Gasteiger partial charge on any atom is 0.191 e. The van der Waals surface area contributed by atoms with Gasteiger partial charge in [-0.3, -0.25) is 4.99 Å². The Morgan fingerprint density at radius 1 is 1.11 bits per heavy atom. The Bertz CT molecular complexity index is 280. The highest BCUT2D eigenvalue weighted by Gasteiger charge is 2.35. The van der Waals surface area contributed by atoms with Crippen LogP contribution in [0.2, 0.25) is 0 Å². The van der Waals surface area contributed by atoms with Gasteiger partial charge in [-0.15, -0.1) is 0 Å². The first-order valence-electron chi connectivity index (χ1n) is 7.66. The van der Waals surface area contributed by atoms with Gasteiger partial charge in [0.1, 0.15) is 0 Å². The zero-order valence-corrected chi connectivity index (χ0v) is 12.1. The molecule has 1 aliphatic carbocycles. The summed E-state index contributed by atoms with van der Waals surface area (Å²) < 4.78 is 0. The number of aliphatic imine (C=N–C) groups is 1. The van der Waals surface area contributed by atoms with Gasteiger partial charge in [-0.05, 0) is 37.0 Å². The monoisotopic (exact) mass is 251 g/mol. The van der Waals surface area contributed by atoms with Crippen LogP contribution in [0.5, 0.6) is 0 Å². The molecule has 0 aromatic carbocycles. The summed E-state index contributed by atoms with van der Waals surface area (Å²) in [5.74, 6) is 1.37. The Kier molecular flexibility index (Phi) is 4.52. The Hall–Kier alpha value is -0.730. The van der Waals surface area contributed by atoms with E-state index in [2.05, 4.69) is 23.7 Å². The van der Waals surface area contributed by atoms with Crippen molar-refractivity contribution in [2.45, 2.75) is 58.8 Å². The molecule has 0 amide bonds. The third-order valence-electron chi connectivity index (χ3n) is 4.68. The highest BCUT2D eigenvalue weighted by atomic mass is 15.3. The minimum atomic E-state index is 0.595. The number of nitrogens with zero attached hydrogens (tertiary/aromatic N) is 2. The maximum absolute atomic E-state index is 6.09. The van der Waals surface area contributed by atoms with Gasteiger partial charge in [0.25, 0.3) is 0 Å². The van der Waals surface area contributed by atoms with E-state index in [-0.39, 0.29) is 0 Å². The maximum atomic E-state index is 6.09. The van der Waals surface area contributed by atoms with Crippen molar-refractivity contribution >= 4 is 5.96 Å². The second-order valence-corrected chi connectivity index (χ2v) is 6.64. The Labute approximate surface area is 112 Å². The molecule has 0 aromatic rings. The molecule has 0 unspecified atom stereocenters. The van der Waals surface area contributed by atoms with E-state index < -0.39 is 0 Å². The standard InChI is InChI=1S/C15H29N3/c1-13(2)12-17-14(16)18-10-8-15(9-11-18)6-4-3-5-7-15/h13H,3-12H2,1-2H3,(H2,16,17). The van der Waals surface area contributed by atoms with Crippen LogP contribution in [0.3, 0.4) is 0 Å². The van der Waals surface area contributed by atoms with Crippen molar-refractivity contribution in [1.29, 1.82) is 0 Å². The minimum absolute atomic E-state index is 0.595. The van der Waals surface area contributed by atoms with E-state index in [0.29, 0.717) is 11.3 Å². The fraction of sp³-hybridized carbons (Fsp3) is 0.933. The molecule has 0 bridgehead atoms. The third-order valence-corrected chi connectivity index (χ3v) is 4.68. The predicted octanol–water partition coefficient (Wildman–Crippen LogP) is 3.00. The number of piperidine rings is 1. The topological polar surface area (TPSA) is 41.6 Å². The lowest BCUT2D eigenvalue weighted by Gasteiger charge is -2.44. The Morgan fingerprint density at radius 2 is 1.72 bits per heavy atom. The number of rotatable bonds is 2. The Morgan fingerprint density at radius 3 is 2.28 bits per heavy atom. The van der Waals surface area contributed by atoms with Gasteiger partial charge in [0.15, 0.2) is 5.96 Å². The first-order chi connectivity index (χ1) is 8.61. The van der Waals surface area contributed by atoms with Crippen molar-refractivity contribution in [2.75, 3.05) is 19.6 Å². The molecule has 1 saturated carbocycles. The molecule has 0 radical (unpaired) electrons. The zero-order chi connectivity index (χ0) is 13.0. The largest absolute Gasteiger partial charge is 0.370 e. The number of hydrogen-bond donors (Lipinski definition) is 1. The predicted molar refractivity (Wildman–Crippen MR) is 77.7 cm³/mol. The van der Waals surface area contributed by atoms with Gasteiger partial charge in [-0.1, -0.05) is 33.1 Å². The molecule has 2 fully saturated rings. The van der Waals surface area contributed by atoms with E-state index in [1.165, 1.54) is 44.9 Å². The van der Waals surface area contributed by atoms with Crippen molar-refractivity contribution < 1.29 is 0 Å². The molecule has 2 aliphatic rings. The quantitative estimate of drug-likeness (QED) is 0.605. The molecule has 1 heterocycles. The van der Waals surface area contributed by atoms with E-state index in [1.807, 2.05) is 0 Å². The number of hydrogen-bond acceptors (Lipinski definition) is 1. The van der Waals surface area contributed by atoms with E-state index in [1.54, 1.807) is 0 Å². The van der Waals surface area contributed by atoms with Crippen LogP contribution in [0, 0.1) is 11.3 Å². The minimum Gasteiger partial charge on any atom is -0.370 e. The molecular formula is C15H29N3. The molecule has 0 atom stereocenters. The van der Waals surface area contributed by atoms with Crippen molar-refractivity contribution in [3.05, 3.63) is 0 Å². The van der Waals surface area contributed by atoms with Crippen LogP contribution in [-0.2, 0) is 0 Å². The van der Waals surface area contributed by atoms with Crippen LogP contribution in [-0.4, -0.2) is 30.5 Å². The van der Waals surface area contributed by atoms with E-state index in [9.17, 15) is 0 Å². The van der Waals surface area contributed by atoms with Gasteiger partial charge in [0.05, 0.1) is 0 Å². The zero-order valence-electron chi connectivity index (χ0n) is 12.1. The summed E-state index contributed by atoms with van der Waals surface area (Å²) in [5.41, 5.74) is 6.75. The second kappa shape index (κ2) is 5.94. The van der Waals surface area contributed by atoms with Crippen LogP contribution >= 0.6 is 0 Å². The summed E-state index contributed by atoms with van der Waals surface area (Å²) in [6, 6.07) is 0. The third kappa shape index (κ3) is 3.39. The second-order valence-electron chi connectivity index (χ2n) is 6.64. The summed E-state index contributed by atoms with van der Waals surface area (Å²) in [5, 5.41) is 0. The van der Waals surface area contributed by atoms with Gasteiger partial charge in [0, 0.05) is 19.6 Å². The average Bonchev–Trinajstić information content (AvgIpc) is 2.38. The van der Waals surface area contributed by atoms with Crippen molar-refractivity contribution in [2.24, 2.45) is 22.1 Å². The lowest BCUT2D eigenvalue weighted by atomic mass is 9.68. The van der Waals surface area contributed by atoms with Gasteiger partial charge >= 0.3 is 0 Å². The molecule has 104 valence electrons. The van der Waals surface area contributed by atoms with Crippen LogP contribution in [0.4, 0.5) is 0 Å². The van der Waals surface area contributed by atoms with E-state index in [4.69, 9.17) is 5.73 Å². The van der Waals surface area contributed by atoms with Gasteiger partial charge < -0.3 is 10.6 Å². The number of guanidine groups is 1.